The Kier molecular flexibility index (Phi) is 13.8. The molecule has 5 aromatic carbocycles. The Bertz CT molecular complexity index is 3250. The molecule has 1 aliphatic carbocycles. The number of nitrogens with zero attached hydrogens (tertiary/aromatic N) is 2. The van der Waals surface area contributed by atoms with Crippen LogP contribution in [0, 0.1) is 27.7 Å². The smallest absolute Gasteiger partial charge is 0.432 e. The number of halogens is 6. The quantitative estimate of drug-likeness (QED) is 0.0427. The highest BCUT2D eigenvalue weighted by Gasteiger charge is 2.62. The number of fused-ring (bicyclic) bond motifs is 2. The van der Waals surface area contributed by atoms with E-state index in [0.29, 0.717) is 68.4 Å². The average molecular weight is 980 g/mol. The molecule has 2 heterocycles. The van der Waals surface area contributed by atoms with Crippen molar-refractivity contribution in [1.82, 2.24) is 4.31 Å². The highest BCUT2D eigenvalue weighted by molar-refractivity contribution is 7.89. The second-order valence-electron chi connectivity index (χ2n) is 17.6. The molecule has 0 unspecified atom stereocenters. The van der Waals surface area contributed by atoms with E-state index in [1.807, 2.05) is 56.3 Å². The summed E-state index contributed by atoms with van der Waals surface area (Å²) in [4.78, 5) is 17.3. The molecule has 0 spiro atoms. The molecule has 1 N–H and O–H groups in total. The largest absolute Gasteiger partial charge is 0.489 e. The fourth-order valence-corrected chi connectivity index (χ4v) is 10.6. The number of nitrogens with one attached hydrogen (secondary N) is 1. The molecule has 0 amide bonds. The predicted molar refractivity (Wildman–Crippen MR) is 260 cm³/mol. The zero-order chi connectivity index (χ0) is 50.3. The van der Waals surface area contributed by atoms with Crippen molar-refractivity contribution in [2.45, 2.75) is 77.2 Å². The summed E-state index contributed by atoms with van der Waals surface area (Å²) >= 11 is 0. The minimum absolute atomic E-state index is 0.0882. The molecule has 0 atom stereocenters. The van der Waals surface area contributed by atoms with Crippen molar-refractivity contribution in [3.8, 4) is 28.2 Å². The van der Waals surface area contributed by atoms with Crippen molar-refractivity contribution in [3.63, 3.8) is 0 Å². The van der Waals surface area contributed by atoms with Gasteiger partial charge >= 0.3 is 24.8 Å². The van der Waals surface area contributed by atoms with Gasteiger partial charge in [-0.15, -0.1) is 0 Å². The molecule has 5 aromatic rings. The first-order valence-electron chi connectivity index (χ1n) is 22.4. The van der Waals surface area contributed by atoms with Crippen molar-refractivity contribution in [2.24, 2.45) is 4.99 Å². The van der Waals surface area contributed by atoms with E-state index in [1.54, 1.807) is 69.3 Å². The zero-order valence-corrected chi connectivity index (χ0v) is 39.7. The summed E-state index contributed by atoms with van der Waals surface area (Å²) < 4.78 is 131. The second-order valence-corrected chi connectivity index (χ2v) is 19.5. The van der Waals surface area contributed by atoms with Crippen molar-refractivity contribution in [1.29, 1.82) is 0 Å². The topological polar surface area (TPSA) is 110 Å². The van der Waals surface area contributed by atoms with Crippen LogP contribution in [0.1, 0.15) is 47.6 Å². The van der Waals surface area contributed by atoms with Gasteiger partial charge in [-0.3, -0.25) is 0 Å². The molecule has 2 aliphatic heterocycles. The molecular weight excluding hydrogens is 931 g/mol. The van der Waals surface area contributed by atoms with Crippen molar-refractivity contribution in [3.05, 3.63) is 161 Å². The molecule has 362 valence electrons. The number of esters is 1. The number of carbonyl (C=O) groups is 1. The van der Waals surface area contributed by atoms with Crippen LogP contribution < -0.4 is 20.9 Å². The maximum atomic E-state index is 14.6. The fourth-order valence-electron chi connectivity index (χ4n) is 8.90. The van der Waals surface area contributed by atoms with Gasteiger partial charge in [0.25, 0.3) is 0 Å². The third-order valence-electron chi connectivity index (χ3n) is 12.4. The van der Waals surface area contributed by atoms with Crippen LogP contribution in [0.5, 0.6) is 5.75 Å². The molecule has 0 aromatic heterocycles. The fraction of sp³-hybridized carbons (Fsp3) is 0.245. The van der Waals surface area contributed by atoms with Crippen molar-refractivity contribution < 1.29 is 53.4 Å². The van der Waals surface area contributed by atoms with Crippen LogP contribution in [0.4, 0.5) is 43.4 Å². The van der Waals surface area contributed by atoms with Crippen LogP contribution in [-0.2, 0) is 26.2 Å². The lowest BCUT2D eigenvalue weighted by molar-refractivity contribution is -0.145. The number of hydrogen-bond acceptors (Lipinski definition) is 8. The van der Waals surface area contributed by atoms with E-state index in [1.165, 1.54) is 16.4 Å². The number of piperidine rings is 1. The number of ether oxygens (including phenoxy) is 2. The summed E-state index contributed by atoms with van der Waals surface area (Å²) in [6.07, 6.45) is -10.9. The minimum atomic E-state index is -5.56. The molecule has 17 heteroatoms. The standard InChI is InChI=1S/C53H48BF6N3O6S/c1-31(2)51(64)68-39-22-24-63(25-23-39)70(65,66)47-17-10-8-15-43(47)48-41-20-18-37(61-49-32(3)12-11-13-33(49)4)28-45(41)69-46-29-38(19-21-42(46)48)62-50-34(5)26-40(27-35(50)6)67-30-36-14-7-9-16-44(36)54(52(55,56)57)53(58,59)60/h7-21,26-29,39,61H,1,22-25,30H2,2-6H3. The monoisotopic (exact) mass is 979 g/mol. The summed E-state index contributed by atoms with van der Waals surface area (Å²) in [6, 6.07) is 31.5. The Morgan fingerprint density at radius 3 is 2.10 bits per heavy atom. The van der Waals surface area contributed by atoms with Crippen LogP contribution in [0.3, 0.4) is 0 Å². The predicted octanol–water partition coefficient (Wildman–Crippen LogP) is 12.2. The molecular formula is C53H48BF6N3O6S. The zero-order valence-electron chi connectivity index (χ0n) is 38.9. The normalized spacial score (nSPS) is 14.2. The van der Waals surface area contributed by atoms with Crippen molar-refractivity contribution >= 4 is 56.2 Å². The van der Waals surface area contributed by atoms with E-state index in [4.69, 9.17) is 18.9 Å². The SMILES string of the molecule is C=C(C)C(=O)OC1CCN(S(=O)(=O)c2ccccc2-c2c3ccc(=Nc4c(C)cc(OCc5ccccc5B(C(F)(F)F)C(F)(F)F)cc4C)cc-3oc3cc(Nc4c(C)cccc4C)ccc23)CC1. The number of hydrogen-bond donors (Lipinski definition) is 1. The van der Waals surface area contributed by atoms with Gasteiger partial charge in [-0.1, -0.05) is 72.7 Å². The second kappa shape index (κ2) is 19.5. The third-order valence-corrected chi connectivity index (χ3v) is 14.3. The number of anilines is 2. The van der Waals surface area contributed by atoms with Gasteiger partial charge in [0.05, 0.1) is 15.9 Å². The Labute approximate surface area is 401 Å². The Morgan fingerprint density at radius 2 is 1.44 bits per heavy atom. The van der Waals surface area contributed by atoms with Gasteiger partial charge in [0.1, 0.15) is 29.8 Å². The van der Waals surface area contributed by atoms with E-state index >= 15 is 0 Å². The average Bonchev–Trinajstić information content (AvgIpc) is 3.29. The van der Waals surface area contributed by atoms with Crippen LogP contribution in [-0.4, -0.2) is 56.7 Å². The van der Waals surface area contributed by atoms with Crippen molar-refractivity contribution in [2.75, 3.05) is 18.4 Å². The van der Waals surface area contributed by atoms with Gasteiger partial charge in [0, 0.05) is 64.2 Å². The molecule has 9 nitrogen and oxygen atoms in total. The summed E-state index contributed by atoms with van der Waals surface area (Å²) in [5.74, 6) is 0.0984. The van der Waals surface area contributed by atoms with Crippen LogP contribution >= 0.6 is 0 Å². The highest BCUT2D eigenvalue weighted by atomic mass is 32.2. The van der Waals surface area contributed by atoms with Gasteiger partial charge < -0.3 is 19.2 Å². The molecule has 0 bridgehead atoms. The number of carbonyl (C=O) groups excluding carboxylic acids is 1. The van der Waals surface area contributed by atoms with Gasteiger partial charge in [-0.25, -0.2) is 18.2 Å². The molecule has 1 fully saturated rings. The number of aryl methyl sites for hydroxylation is 4. The molecule has 0 radical (unpaired) electrons. The van der Waals surface area contributed by atoms with Crippen LogP contribution in [0.15, 0.2) is 142 Å². The number of benzene rings is 6. The van der Waals surface area contributed by atoms with E-state index < -0.39 is 53.0 Å². The highest BCUT2D eigenvalue weighted by Crippen LogP contribution is 2.44. The maximum absolute atomic E-state index is 14.6. The number of para-hydroxylation sites is 1. The summed E-state index contributed by atoms with van der Waals surface area (Å²) in [5.41, 5.74) is 6.69. The van der Waals surface area contributed by atoms with E-state index in [2.05, 4.69) is 11.9 Å². The van der Waals surface area contributed by atoms with Gasteiger partial charge in [-0.2, -0.15) is 30.6 Å². The molecule has 0 saturated carbocycles. The van der Waals surface area contributed by atoms with Gasteiger partial charge in [0.2, 0.25) is 10.0 Å². The minimum Gasteiger partial charge on any atom is -0.489 e. The van der Waals surface area contributed by atoms with Crippen LogP contribution in [0.2, 0.25) is 0 Å². The van der Waals surface area contributed by atoms with E-state index in [-0.39, 0.29) is 34.9 Å². The van der Waals surface area contributed by atoms with Gasteiger partial charge in [0.15, 0.2) is 0 Å². The van der Waals surface area contributed by atoms with E-state index in [0.717, 1.165) is 34.6 Å². The number of rotatable bonds is 12. The molecule has 70 heavy (non-hydrogen) atoms. The molecule has 8 rings (SSSR count). The molecule has 1 saturated heterocycles. The lowest BCUT2D eigenvalue weighted by atomic mass is 9.42. The summed E-state index contributed by atoms with van der Waals surface area (Å²) in [6.45, 7) is 8.78. The van der Waals surface area contributed by atoms with Crippen LogP contribution in [0.25, 0.3) is 33.4 Å². The number of sulfonamides is 1. The summed E-state index contributed by atoms with van der Waals surface area (Å²) in [7, 11) is -4.09. The Hall–Kier alpha value is -6.85. The first-order valence-corrected chi connectivity index (χ1v) is 23.8. The summed E-state index contributed by atoms with van der Waals surface area (Å²) in [5, 5.41) is 4.64. The first kappa shape index (κ1) is 49.6. The van der Waals surface area contributed by atoms with E-state index in [9.17, 15) is 39.6 Å². The van der Waals surface area contributed by atoms with Gasteiger partial charge in [-0.05, 0) is 118 Å². The Balaban J connectivity index is 1.18. The lowest BCUT2D eigenvalue weighted by Crippen LogP contribution is -2.57. The third kappa shape index (κ3) is 10.4. The lowest BCUT2D eigenvalue weighted by Gasteiger charge is -2.31. The first-order chi connectivity index (χ1) is 33.1. The Morgan fingerprint density at radius 1 is 0.800 bits per heavy atom. The number of alkyl halides is 6. The molecule has 3 aliphatic rings. The maximum Gasteiger partial charge on any atom is 0.432 e.